The third-order valence-electron chi connectivity index (χ3n) is 5.62. The Morgan fingerprint density at radius 1 is 1.06 bits per heavy atom. The van der Waals surface area contributed by atoms with E-state index in [4.69, 9.17) is 4.74 Å². The number of imidazole rings is 1. The van der Waals surface area contributed by atoms with Crippen molar-refractivity contribution >= 4 is 11.6 Å². The van der Waals surface area contributed by atoms with E-state index < -0.39 is 0 Å². The second-order valence-electron chi connectivity index (χ2n) is 7.85. The number of methoxy groups -OCH3 is 1. The van der Waals surface area contributed by atoms with Gasteiger partial charge in [0.2, 0.25) is 5.91 Å². The summed E-state index contributed by atoms with van der Waals surface area (Å²) in [7, 11) is 1.65. The molecular weight excluding hydrogens is 386 g/mol. The van der Waals surface area contributed by atoms with E-state index in [2.05, 4.69) is 20.8 Å². The first-order valence-corrected chi connectivity index (χ1v) is 10.5. The highest BCUT2D eigenvalue weighted by atomic mass is 16.5. The molecule has 2 atom stereocenters. The van der Waals surface area contributed by atoms with Gasteiger partial charge >= 0.3 is 0 Å². The quantitative estimate of drug-likeness (QED) is 0.461. The Morgan fingerprint density at radius 3 is 2.61 bits per heavy atom. The summed E-state index contributed by atoms with van der Waals surface area (Å²) in [5.74, 6) is 0.604. The molecule has 0 aliphatic carbocycles. The van der Waals surface area contributed by atoms with Crippen molar-refractivity contribution in [1.29, 1.82) is 0 Å². The van der Waals surface area contributed by atoms with Crippen LogP contribution in [0.4, 0.5) is 0 Å². The summed E-state index contributed by atoms with van der Waals surface area (Å²) >= 11 is 0. The van der Waals surface area contributed by atoms with E-state index in [1.807, 2.05) is 86.9 Å². The van der Waals surface area contributed by atoms with Gasteiger partial charge in [0.1, 0.15) is 11.4 Å². The van der Waals surface area contributed by atoms with Crippen LogP contribution in [-0.2, 0) is 4.79 Å². The number of hydrogen-bond acceptors (Lipinski definition) is 3. The summed E-state index contributed by atoms with van der Waals surface area (Å²) in [5, 5.41) is 3.14. The predicted molar refractivity (Wildman–Crippen MR) is 122 cm³/mol. The highest BCUT2D eigenvalue weighted by molar-refractivity contribution is 5.78. The molecule has 2 aromatic heterocycles. The van der Waals surface area contributed by atoms with Crippen molar-refractivity contribution in [3.8, 4) is 5.75 Å². The number of nitrogens with zero attached hydrogens (tertiary/aromatic N) is 2. The van der Waals surface area contributed by atoms with Crippen molar-refractivity contribution in [2.45, 2.75) is 32.2 Å². The molecule has 0 saturated heterocycles. The zero-order chi connectivity index (χ0) is 21.8. The summed E-state index contributed by atoms with van der Waals surface area (Å²) < 4.78 is 7.49. The third kappa shape index (κ3) is 4.61. The molecule has 2 unspecified atom stereocenters. The van der Waals surface area contributed by atoms with E-state index >= 15 is 0 Å². The normalized spacial score (nSPS) is 13.0. The van der Waals surface area contributed by atoms with Gasteiger partial charge in [-0.2, -0.15) is 0 Å². The van der Waals surface area contributed by atoms with Gasteiger partial charge in [0.15, 0.2) is 0 Å². The second-order valence-corrected chi connectivity index (χ2v) is 7.85. The number of aromatic nitrogens is 2. The molecule has 0 radical (unpaired) electrons. The number of nitrogens with one attached hydrogen (secondary N) is 1. The maximum absolute atomic E-state index is 13.1. The Balaban J connectivity index is 1.66. The van der Waals surface area contributed by atoms with Gasteiger partial charge in [-0.05, 0) is 54.8 Å². The molecule has 2 aromatic carbocycles. The van der Waals surface area contributed by atoms with Gasteiger partial charge in [0.25, 0.3) is 0 Å². The smallest absolute Gasteiger partial charge is 0.221 e. The SMILES string of the molecule is COc1cccc(C(CC(=O)NC(C)c2ccccc2)c2cnc3cc(C)ccn23)c1. The fourth-order valence-electron chi connectivity index (χ4n) is 3.92. The summed E-state index contributed by atoms with van der Waals surface area (Å²) in [6.07, 6.45) is 4.20. The van der Waals surface area contributed by atoms with Crippen molar-refractivity contribution in [3.63, 3.8) is 0 Å². The largest absolute Gasteiger partial charge is 0.497 e. The first-order chi connectivity index (χ1) is 15.0. The molecule has 0 spiro atoms. The van der Waals surface area contributed by atoms with E-state index in [1.54, 1.807) is 7.11 Å². The van der Waals surface area contributed by atoms with Crippen LogP contribution in [0.2, 0.25) is 0 Å². The number of amides is 1. The molecule has 4 aromatic rings. The number of carbonyl (C=O) groups excluding carboxylic acids is 1. The van der Waals surface area contributed by atoms with Gasteiger partial charge < -0.3 is 14.5 Å². The van der Waals surface area contributed by atoms with Crippen molar-refractivity contribution in [3.05, 3.63) is 102 Å². The fourth-order valence-corrected chi connectivity index (χ4v) is 3.92. The Bertz CT molecular complexity index is 1180. The second kappa shape index (κ2) is 9.04. The number of carbonyl (C=O) groups is 1. The Kier molecular flexibility index (Phi) is 6.03. The molecule has 1 amide bonds. The van der Waals surface area contributed by atoms with Crippen LogP contribution in [0, 0.1) is 6.92 Å². The summed E-state index contributed by atoms with van der Waals surface area (Å²) in [4.78, 5) is 17.7. The fraction of sp³-hybridized carbons (Fsp3) is 0.231. The first-order valence-electron chi connectivity index (χ1n) is 10.5. The average molecular weight is 414 g/mol. The summed E-state index contributed by atoms with van der Waals surface area (Å²) in [6.45, 7) is 4.05. The van der Waals surface area contributed by atoms with E-state index in [0.29, 0.717) is 6.42 Å². The van der Waals surface area contributed by atoms with Gasteiger partial charge in [-0.1, -0.05) is 42.5 Å². The van der Waals surface area contributed by atoms with Crippen LogP contribution in [0.25, 0.3) is 5.65 Å². The zero-order valence-corrected chi connectivity index (χ0v) is 18.1. The molecular formula is C26H27N3O2. The molecule has 0 saturated carbocycles. The molecule has 0 bridgehead atoms. The molecule has 0 fully saturated rings. The van der Waals surface area contributed by atoms with Crippen molar-refractivity contribution in [2.75, 3.05) is 7.11 Å². The Morgan fingerprint density at radius 2 is 1.84 bits per heavy atom. The van der Waals surface area contributed by atoms with Crippen LogP contribution in [0.3, 0.4) is 0 Å². The number of ether oxygens (including phenoxy) is 1. The minimum Gasteiger partial charge on any atom is -0.497 e. The number of rotatable bonds is 7. The molecule has 2 heterocycles. The monoisotopic (exact) mass is 413 g/mol. The number of hydrogen-bond donors (Lipinski definition) is 1. The van der Waals surface area contributed by atoms with E-state index in [-0.39, 0.29) is 17.9 Å². The Hall–Kier alpha value is -3.60. The number of fused-ring (bicyclic) bond motifs is 1. The van der Waals surface area contributed by atoms with Crippen LogP contribution < -0.4 is 10.1 Å². The van der Waals surface area contributed by atoms with Gasteiger partial charge in [-0.3, -0.25) is 4.79 Å². The minimum atomic E-state index is -0.157. The average Bonchev–Trinajstić information content (AvgIpc) is 3.20. The molecule has 158 valence electrons. The number of benzene rings is 2. The van der Waals surface area contributed by atoms with Crippen molar-refractivity contribution in [1.82, 2.24) is 14.7 Å². The lowest BCUT2D eigenvalue weighted by atomic mass is 9.92. The van der Waals surface area contributed by atoms with Crippen LogP contribution in [0.15, 0.2) is 79.1 Å². The van der Waals surface area contributed by atoms with Crippen LogP contribution >= 0.6 is 0 Å². The lowest BCUT2D eigenvalue weighted by Crippen LogP contribution is -2.28. The van der Waals surface area contributed by atoms with Crippen molar-refractivity contribution < 1.29 is 9.53 Å². The molecule has 1 N–H and O–H groups in total. The van der Waals surface area contributed by atoms with Gasteiger partial charge in [0.05, 0.1) is 18.8 Å². The molecule has 4 rings (SSSR count). The first kappa shape index (κ1) is 20.7. The minimum absolute atomic E-state index is 0.00812. The molecule has 5 nitrogen and oxygen atoms in total. The van der Waals surface area contributed by atoms with Crippen LogP contribution in [0.5, 0.6) is 5.75 Å². The van der Waals surface area contributed by atoms with E-state index in [1.165, 1.54) is 0 Å². The molecule has 31 heavy (non-hydrogen) atoms. The van der Waals surface area contributed by atoms with E-state index in [0.717, 1.165) is 33.8 Å². The third-order valence-corrected chi connectivity index (χ3v) is 5.62. The lowest BCUT2D eigenvalue weighted by molar-refractivity contribution is -0.122. The summed E-state index contributed by atoms with van der Waals surface area (Å²) in [6, 6.07) is 21.9. The Labute approximate surface area is 182 Å². The molecule has 0 aliphatic rings. The van der Waals surface area contributed by atoms with Crippen molar-refractivity contribution in [2.24, 2.45) is 0 Å². The van der Waals surface area contributed by atoms with Gasteiger partial charge in [0, 0.05) is 24.7 Å². The maximum atomic E-state index is 13.1. The standard InChI is InChI=1S/C26H27N3O2/c1-18-12-13-29-24(17-27-25(29)14-18)23(21-10-7-11-22(15-21)31-3)16-26(30)28-19(2)20-8-5-4-6-9-20/h4-15,17,19,23H,16H2,1-3H3,(H,28,30). The van der Waals surface area contributed by atoms with Gasteiger partial charge in [-0.15, -0.1) is 0 Å². The number of aryl methyl sites for hydroxylation is 1. The van der Waals surface area contributed by atoms with Gasteiger partial charge in [-0.25, -0.2) is 4.98 Å². The maximum Gasteiger partial charge on any atom is 0.221 e. The highest BCUT2D eigenvalue weighted by Gasteiger charge is 2.23. The topological polar surface area (TPSA) is 55.6 Å². The predicted octanol–water partition coefficient (Wildman–Crippen LogP) is 5.05. The zero-order valence-electron chi connectivity index (χ0n) is 18.1. The lowest BCUT2D eigenvalue weighted by Gasteiger charge is -2.20. The molecule has 5 heteroatoms. The van der Waals surface area contributed by atoms with E-state index in [9.17, 15) is 4.79 Å². The molecule has 0 aliphatic heterocycles. The summed E-state index contributed by atoms with van der Waals surface area (Å²) in [5.41, 5.74) is 5.10. The highest BCUT2D eigenvalue weighted by Crippen LogP contribution is 2.31. The van der Waals surface area contributed by atoms with Crippen LogP contribution in [0.1, 0.15) is 47.7 Å². The van der Waals surface area contributed by atoms with Crippen LogP contribution in [-0.4, -0.2) is 22.4 Å². The number of pyridine rings is 1.